The van der Waals surface area contributed by atoms with Crippen molar-refractivity contribution in [1.29, 1.82) is 0 Å². The minimum absolute atomic E-state index is 0.109. The van der Waals surface area contributed by atoms with Crippen LogP contribution in [0.3, 0.4) is 0 Å². The molecule has 0 saturated heterocycles. The monoisotopic (exact) mass is 254 g/mol. The van der Waals surface area contributed by atoms with Gasteiger partial charge in [-0.2, -0.15) is 0 Å². The molecular weight excluding hydrogens is 240 g/mol. The molecule has 0 atom stereocenters. The third-order valence-electron chi connectivity index (χ3n) is 2.71. The van der Waals surface area contributed by atoms with Crippen molar-refractivity contribution in [3.8, 4) is 0 Å². The Balaban J connectivity index is 1.95. The number of ketones is 1. The van der Waals surface area contributed by atoms with Crippen molar-refractivity contribution in [3.05, 3.63) is 71.3 Å². The highest BCUT2D eigenvalue weighted by Gasteiger charge is 2.17. The van der Waals surface area contributed by atoms with Crippen LogP contribution in [0.25, 0.3) is 0 Å². The molecule has 3 nitrogen and oxygen atoms in total. The van der Waals surface area contributed by atoms with Crippen LogP contribution in [0.15, 0.2) is 54.6 Å². The van der Waals surface area contributed by atoms with Crippen molar-refractivity contribution >= 4 is 11.8 Å². The van der Waals surface area contributed by atoms with Crippen LogP contribution in [-0.2, 0) is 16.1 Å². The summed E-state index contributed by atoms with van der Waals surface area (Å²) in [5, 5.41) is 0. The summed E-state index contributed by atoms with van der Waals surface area (Å²) in [5.41, 5.74) is 2.34. The lowest BCUT2D eigenvalue weighted by Crippen LogP contribution is -2.17. The Labute approximate surface area is 111 Å². The molecular formula is C16H14O3. The van der Waals surface area contributed by atoms with Gasteiger partial charge in [0.2, 0.25) is 0 Å². The minimum Gasteiger partial charge on any atom is -0.455 e. The van der Waals surface area contributed by atoms with Crippen molar-refractivity contribution in [2.75, 3.05) is 0 Å². The van der Waals surface area contributed by atoms with Crippen LogP contribution in [0.2, 0.25) is 0 Å². The van der Waals surface area contributed by atoms with Gasteiger partial charge in [0, 0.05) is 5.56 Å². The molecule has 2 aromatic rings. The van der Waals surface area contributed by atoms with Gasteiger partial charge in [-0.15, -0.1) is 0 Å². The van der Waals surface area contributed by atoms with Crippen LogP contribution in [0, 0.1) is 6.92 Å². The lowest BCUT2D eigenvalue weighted by Gasteiger charge is -2.04. The SMILES string of the molecule is Cc1ccc(COC(=O)C(=O)c2ccccc2)cc1. The van der Waals surface area contributed by atoms with Crippen LogP contribution in [0.4, 0.5) is 0 Å². The maximum absolute atomic E-state index is 11.7. The molecule has 19 heavy (non-hydrogen) atoms. The van der Waals surface area contributed by atoms with Crippen LogP contribution in [-0.4, -0.2) is 11.8 Å². The third kappa shape index (κ3) is 3.52. The molecule has 0 bridgehead atoms. The summed E-state index contributed by atoms with van der Waals surface area (Å²) in [6.45, 7) is 2.09. The average molecular weight is 254 g/mol. The highest BCUT2D eigenvalue weighted by molar-refractivity contribution is 6.40. The van der Waals surface area contributed by atoms with E-state index < -0.39 is 11.8 Å². The molecule has 0 aliphatic carbocycles. The van der Waals surface area contributed by atoms with Gasteiger partial charge < -0.3 is 4.74 Å². The van der Waals surface area contributed by atoms with Crippen LogP contribution < -0.4 is 0 Å². The quantitative estimate of drug-likeness (QED) is 0.478. The standard InChI is InChI=1S/C16H14O3/c1-12-7-9-13(10-8-12)11-19-16(18)15(17)14-5-3-2-4-6-14/h2-10H,11H2,1H3. The number of benzene rings is 2. The Hall–Kier alpha value is -2.42. The molecule has 0 aromatic heterocycles. The highest BCUT2D eigenvalue weighted by atomic mass is 16.5. The van der Waals surface area contributed by atoms with E-state index in [4.69, 9.17) is 4.74 Å². The first-order valence-corrected chi connectivity index (χ1v) is 5.99. The highest BCUT2D eigenvalue weighted by Crippen LogP contribution is 2.06. The molecule has 3 heteroatoms. The minimum atomic E-state index is -0.827. The normalized spacial score (nSPS) is 9.95. The van der Waals surface area contributed by atoms with Gasteiger partial charge in [-0.05, 0) is 12.5 Å². The molecule has 0 spiro atoms. The second-order valence-corrected chi connectivity index (χ2v) is 4.26. The first kappa shape index (κ1) is 13.0. The topological polar surface area (TPSA) is 43.4 Å². The smallest absolute Gasteiger partial charge is 0.380 e. The van der Waals surface area contributed by atoms with Gasteiger partial charge in [-0.25, -0.2) is 4.79 Å². The third-order valence-corrected chi connectivity index (χ3v) is 2.71. The first-order valence-electron chi connectivity index (χ1n) is 5.99. The van der Waals surface area contributed by atoms with E-state index in [1.54, 1.807) is 30.3 Å². The fraction of sp³-hybridized carbons (Fsp3) is 0.125. The van der Waals surface area contributed by atoms with Gasteiger partial charge in [-0.3, -0.25) is 4.79 Å². The summed E-state index contributed by atoms with van der Waals surface area (Å²) >= 11 is 0. The van der Waals surface area contributed by atoms with Crippen molar-refractivity contribution in [3.63, 3.8) is 0 Å². The fourth-order valence-electron chi connectivity index (χ4n) is 1.61. The zero-order valence-electron chi connectivity index (χ0n) is 10.6. The second kappa shape index (κ2) is 5.96. The molecule has 0 amide bonds. The molecule has 0 aliphatic rings. The van der Waals surface area contributed by atoms with Crippen molar-refractivity contribution < 1.29 is 14.3 Å². The van der Waals surface area contributed by atoms with E-state index in [9.17, 15) is 9.59 Å². The molecule has 96 valence electrons. The number of carbonyl (C=O) groups excluding carboxylic acids is 2. The second-order valence-electron chi connectivity index (χ2n) is 4.26. The Kier molecular flexibility index (Phi) is 4.08. The Bertz CT molecular complexity index is 571. The molecule has 2 aromatic carbocycles. The van der Waals surface area contributed by atoms with Gasteiger partial charge in [-0.1, -0.05) is 60.2 Å². The van der Waals surface area contributed by atoms with E-state index in [0.29, 0.717) is 5.56 Å². The van der Waals surface area contributed by atoms with E-state index >= 15 is 0 Å². The van der Waals surface area contributed by atoms with Gasteiger partial charge in [0.1, 0.15) is 6.61 Å². The van der Waals surface area contributed by atoms with Gasteiger partial charge >= 0.3 is 5.97 Å². The largest absolute Gasteiger partial charge is 0.455 e. The molecule has 0 heterocycles. The molecule has 0 aliphatic heterocycles. The summed E-state index contributed by atoms with van der Waals surface area (Å²) < 4.78 is 5.00. The average Bonchev–Trinajstić information content (AvgIpc) is 2.46. The number of carbonyl (C=O) groups is 2. The van der Waals surface area contributed by atoms with Crippen molar-refractivity contribution in [2.45, 2.75) is 13.5 Å². The summed E-state index contributed by atoms with van der Waals surface area (Å²) in [6, 6.07) is 16.0. The lowest BCUT2D eigenvalue weighted by molar-refractivity contribution is -0.139. The molecule has 0 unspecified atom stereocenters. The van der Waals surface area contributed by atoms with Crippen molar-refractivity contribution in [1.82, 2.24) is 0 Å². The van der Waals surface area contributed by atoms with Gasteiger partial charge in [0.05, 0.1) is 0 Å². The Morgan fingerprint density at radius 2 is 1.58 bits per heavy atom. The number of hydrogen-bond donors (Lipinski definition) is 0. The number of rotatable bonds is 4. The van der Waals surface area contributed by atoms with Crippen LogP contribution in [0.5, 0.6) is 0 Å². The summed E-state index contributed by atoms with van der Waals surface area (Å²) in [5.74, 6) is -1.44. The molecule has 2 rings (SSSR count). The van der Waals surface area contributed by atoms with Gasteiger partial charge in [0.25, 0.3) is 5.78 Å². The summed E-state index contributed by atoms with van der Waals surface area (Å²) in [7, 11) is 0. The number of hydrogen-bond acceptors (Lipinski definition) is 3. The molecule has 0 N–H and O–H groups in total. The maximum Gasteiger partial charge on any atom is 0.380 e. The fourth-order valence-corrected chi connectivity index (χ4v) is 1.61. The molecule has 0 radical (unpaired) electrons. The summed E-state index contributed by atoms with van der Waals surface area (Å²) in [4.78, 5) is 23.4. The molecule has 0 saturated carbocycles. The zero-order chi connectivity index (χ0) is 13.7. The van der Waals surface area contributed by atoms with E-state index in [1.807, 2.05) is 31.2 Å². The lowest BCUT2D eigenvalue weighted by atomic mass is 10.1. The number of esters is 1. The van der Waals surface area contributed by atoms with E-state index in [0.717, 1.165) is 11.1 Å². The number of ether oxygens (including phenoxy) is 1. The summed E-state index contributed by atoms with van der Waals surface area (Å²) in [6.07, 6.45) is 0. The van der Waals surface area contributed by atoms with E-state index in [2.05, 4.69) is 0 Å². The number of aryl methyl sites for hydroxylation is 1. The maximum atomic E-state index is 11.7. The Morgan fingerprint density at radius 3 is 2.21 bits per heavy atom. The number of Topliss-reactive ketones (excluding diaryl/α,β-unsaturated/α-hetero) is 1. The first-order chi connectivity index (χ1) is 9.16. The van der Waals surface area contributed by atoms with E-state index in [1.165, 1.54) is 0 Å². The molecule has 0 fully saturated rings. The van der Waals surface area contributed by atoms with E-state index in [-0.39, 0.29) is 6.61 Å². The predicted molar refractivity (Wildman–Crippen MR) is 71.7 cm³/mol. The van der Waals surface area contributed by atoms with Crippen LogP contribution >= 0.6 is 0 Å². The van der Waals surface area contributed by atoms with Gasteiger partial charge in [0.15, 0.2) is 0 Å². The zero-order valence-corrected chi connectivity index (χ0v) is 10.6. The predicted octanol–water partition coefficient (Wildman–Crippen LogP) is 2.92. The Morgan fingerprint density at radius 1 is 0.947 bits per heavy atom. The van der Waals surface area contributed by atoms with Crippen molar-refractivity contribution in [2.24, 2.45) is 0 Å². The van der Waals surface area contributed by atoms with Crippen LogP contribution in [0.1, 0.15) is 21.5 Å².